The quantitative estimate of drug-likeness (QED) is 0.639. The highest BCUT2D eigenvalue weighted by Crippen LogP contribution is 2.27. The van der Waals surface area contributed by atoms with E-state index in [2.05, 4.69) is 4.98 Å². The second-order valence-electron chi connectivity index (χ2n) is 3.28. The molecular formula is C10H5NO6. The molecule has 17 heavy (non-hydrogen) atoms. The molecule has 0 unspecified atom stereocenters. The number of aromatic carboxylic acids is 1. The van der Waals surface area contributed by atoms with Crippen LogP contribution in [-0.4, -0.2) is 37.8 Å². The van der Waals surface area contributed by atoms with Crippen LogP contribution < -0.4 is 0 Å². The second-order valence-corrected chi connectivity index (χ2v) is 3.28. The zero-order chi connectivity index (χ0) is 12.7. The highest BCUT2D eigenvalue weighted by atomic mass is 16.4. The molecule has 0 saturated heterocycles. The van der Waals surface area contributed by atoms with Crippen molar-refractivity contribution in [2.45, 2.75) is 0 Å². The maximum absolute atomic E-state index is 11.4. The number of pyridine rings is 1. The minimum atomic E-state index is -1.44. The maximum Gasteiger partial charge on any atom is 0.354 e. The number of hydrogen-bond donors (Lipinski definition) is 3. The van der Waals surface area contributed by atoms with Crippen molar-refractivity contribution in [3.05, 3.63) is 34.9 Å². The number of fused-ring (bicyclic) bond motifs is 1. The van der Waals surface area contributed by atoms with E-state index in [-0.39, 0.29) is 0 Å². The number of aliphatic hydroxyl groups excluding tert-OH is 1. The summed E-state index contributed by atoms with van der Waals surface area (Å²) >= 11 is 0. The summed E-state index contributed by atoms with van der Waals surface area (Å²) in [6, 6.07) is 0.741. The molecule has 1 heterocycles. The predicted octanol–water partition coefficient (Wildman–Crippen LogP) is 0.306. The van der Waals surface area contributed by atoms with Gasteiger partial charge in [-0.25, -0.2) is 9.78 Å². The normalized spacial score (nSPS) is 14.2. The van der Waals surface area contributed by atoms with Gasteiger partial charge in [-0.3, -0.25) is 9.59 Å². The van der Waals surface area contributed by atoms with Crippen LogP contribution in [0.2, 0.25) is 0 Å². The zero-order valence-corrected chi connectivity index (χ0v) is 8.17. The number of ketones is 2. The van der Waals surface area contributed by atoms with Crippen molar-refractivity contribution in [2.24, 2.45) is 0 Å². The molecule has 0 fully saturated rings. The molecule has 0 aromatic carbocycles. The Bertz CT molecular complexity index is 601. The lowest BCUT2D eigenvalue weighted by Gasteiger charge is -2.12. The van der Waals surface area contributed by atoms with Gasteiger partial charge in [-0.2, -0.15) is 0 Å². The molecule has 1 aliphatic rings. The van der Waals surface area contributed by atoms with Crippen LogP contribution in [-0.2, 0) is 0 Å². The summed E-state index contributed by atoms with van der Waals surface area (Å²) in [5.74, 6) is -4.77. The maximum atomic E-state index is 11.4. The average molecular weight is 235 g/mol. The third kappa shape index (κ3) is 1.53. The monoisotopic (exact) mass is 235 g/mol. The Morgan fingerprint density at radius 1 is 1.24 bits per heavy atom. The number of aromatic nitrogens is 1. The number of hydrogen-bond acceptors (Lipinski definition) is 6. The Hall–Kier alpha value is -2.70. The number of rotatable bonds is 1. The van der Waals surface area contributed by atoms with E-state index in [1.54, 1.807) is 0 Å². The van der Waals surface area contributed by atoms with Gasteiger partial charge >= 0.3 is 5.97 Å². The second kappa shape index (κ2) is 3.41. The van der Waals surface area contributed by atoms with Crippen LogP contribution in [0.1, 0.15) is 31.3 Å². The number of allylic oxidation sites excluding steroid dienone is 2. The molecule has 0 atom stereocenters. The molecule has 0 bridgehead atoms. The van der Waals surface area contributed by atoms with E-state index in [1.165, 1.54) is 0 Å². The number of aromatic hydroxyl groups is 1. The van der Waals surface area contributed by atoms with Gasteiger partial charge in [0.15, 0.2) is 11.5 Å². The molecule has 0 radical (unpaired) electrons. The first-order valence-electron chi connectivity index (χ1n) is 4.39. The van der Waals surface area contributed by atoms with Crippen molar-refractivity contribution in [1.82, 2.24) is 4.98 Å². The third-order valence-electron chi connectivity index (χ3n) is 2.18. The number of nitrogens with zero attached hydrogens (tertiary/aromatic N) is 1. The fourth-order valence-electron chi connectivity index (χ4n) is 1.43. The minimum Gasteiger partial charge on any atom is -0.507 e. The van der Waals surface area contributed by atoms with Crippen molar-refractivity contribution in [1.29, 1.82) is 0 Å². The predicted molar refractivity (Wildman–Crippen MR) is 52.2 cm³/mol. The van der Waals surface area contributed by atoms with Gasteiger partial charge in [0, 0.05) is 12.1 Å². The first-order valence-corrected chi connectivity index (χ1v) is 4.39. The molecule has 86 valence electrons. The lowest BCUT2D eigenvalue weighted by atomic mass is 9.97. The Balaban J connectivity index is 2.75. The van der Waals surface area contributed by atoms with Gasteiger partial charge in [-0.1, -0.05) is 0 Å². The molecule has 7 heteroatoms. The summed E-state index contributed by atoms with van der Waals surface area (Å²) in [5, 5.41) is 27.3. The molecular weight excluding hydrogens is 230 g/mol. The van der Waals surface area contributed by atoms with Crippen LogP contribution in [0.3, 0.4) is 0 Å². The number of carbonyl (C=O) groups excluding carboxylic acids is 2. The Labute approximate surface area is 93.6 Å². The molecule has 1 aliphatic carbocycles. The average Bonchev–Trinajstić information content (AvgIpc) is 2.25. The van der Waals surface area contributed by atoms with Crippen LogP contribution in [0.25, 0.3) is 0 Å². The van der Waals surface area contributed by atoms with Crippen molar-refractivity contribution in [3.8, 4) is 5.75 Å². The van der Waals surface area contributed by atoms with Gasteiger partial charge in [-0.05, 0) is 0 Å². The summed E-state index contributed by atoms with van der Waals surface area (Å²) in [5.41, 5.74) is -1.53. The molecule has 1 aromatic heterocycles. The summed E-state index contributed by atoms with van der Waals surface area (Å²) in [6.45, 7) is 0. The van der Waals surface area contributed by atoms with Crippen LogP contribution in [0, 0.1) is 0 Å². The van der Waals surface area contributed by atoms with Crippen molar-refractivity contribution in [3.63, 3.8) is 0 Å². The van der Waals surface area contributed by atoms with Gasteiger partial charge in [0.1, 0.15) is 11.4 Å². The summed E-state index contributed by atoms with van der Waals surface area (Å²) < 4.78 is 0. The third-order valence-corrected chi connectivity index (χ3v) is 2.18. The fourth-order valence-corrected chi connectivity index (χ4v) is 1.43. The summed E-state index contributed by atoms with van der Waals surface area (Å²) in [6.07, 6.45) is 0.628. The molecule has 0 saturated carbocycles. The number of Topliss-reactive ketones (excluding diaryl/α,β-unsaturated/α-hetero) is 1. The molecule has 0 spiro atoms. The van der Waals surface area contributed by atoms with Crippen LogP contribution in [0.4, 0.5) is 0 Å². The van der Waals surface area contributed by atoms with Gasteiger partial charge in [-0.15, -0.1) is 0 Å². The van der Waals surface area contributed by atoms with Gasteiger partial charge < -0.3 is 15.3 Å². The highest BCUT2D eigenvalue weighted by Gasteiger charge is 2.31. The smallest absolute Gasteiger partial charge is 0.354 e. The van der Waals surface area contributed by atoms with E-state index in [0.29, 0.717) is 6.08 Å². The SMILES string of the molecule is O=C(O)c1cc(O)c2c(n1)C(=O)C=C(O)C2=O. The molecule has 1 aromatic rings. The van der Waals surface area contributed by atoms with Crippen LogP contribution >= 0.6 is 0 Å². The van der Waals surface area contributed by atoms with E-state index < -0.39 is 46.0 Å². The lowest BCUT2D eigenvalue weighted by Crippen LogP contribution is -2.20. The van der Waals surface area contributed by atoms with Crippen molar-refractivity contribution < 1.29 is 29.7 Å². The highest BCUT2D eigenvalue weighted by molar-refractivity contribution is 6.24. The molecule has 3 N–H and O–H groups in total. The number of aliphatic hydroxyl groups is 1. The first-order chi connectivity index (χ1) is 7.91. The minimum absolute atomic E-state index is 0.481. The van der Waals surface area contributed by atoms with Crippen molar-refractivity contribution in [2.75, 3.05) is 0 Å². The zero-order valence-electron chi connectivity index (χ0n) is 8.17. The molecule has 2 rings (SSSR count). The molecule has 0 aliphatic heterocycles. The number of carboxylic acids is 1. The van der Waals surface area contributed by atoms with E-state index in [4.69, 9.17) is 10.2 Å². The first kappa shape index (κ1) is 10.8. The van der Waals surface area contributed by atoms with E-state index in [1.807, 2.05) is 0 Å². The van der Waals surface area contributed by atoms with Gasteiger partial charge in [0.2, 0.25) is 11.6 Å². The Morgan fingerprint density at radius 3 is 2.47 bits per heavy atom. The molecule has 7 nitrogen and oxygen atoms in total. The standard InChI is InChI=1S/C10H5NO6/c12-4-1-3(10(16)17)11-8-5(13)2-6(14)9(15)7(4)8/h1-2,14H,(H,11,12)(H,16,17). The molecule has 0 amide bonds. The van der Waals surface area contributed by atoms with Gasteiger partial charge in [0.05, 0.1) is 5.56 Å². The van der Waals surface area contributed by atoms with Crippen LogP contribution in [0.15, 0.2) is 17.9 Å². The van der Waals surface area contributed by atoms with E-state index >= 15 is 0 Å². The topological polar surface area (TPSA) is 125 Å². The van der Waals surface area contributed by atoms with Gasteiger partial charge in [0.25, 0.3) is 0 Å². The lowest BCUT2D eigenvalue weighted by molar-refractivity contribution is 0.0689. The Kier molecular flexibility index (Phi) is 2.17. The fraction of sp³-hybridized carbons (Fsp3) is 0. The van der Waals surface area contributed by atoms with E-state index in [0.717, 1.165) is 6.07 Å². The summed E-state index contributed by atoms with van der Waals surface area (Å²) in [4.78, 5) is 37.0. The Morgan fingerprint density at radius 2 is 1.88 bits per heavy atom. The number of carboxylic acid groups (broad SMARTS) is 1. The number of carbonyl (C=O) groups is 3. The largest absolute Gasteiger partial charge is 0.507 e. The van der Waals surface area contributed by atoms with E-state index in [9.17, 15) is 19.5 Å². The van der Waals surface area contributed by atoms with Crippen molar-refractivity contribution >= 4 is 17.5 Å². The summed E-state index contributed by atoms with van der Waals surface area (Å²) in [7, 11) is 0. The van der Waals surface area contributed by atoms with Crippen LogP contribution in [0.5, 0.6) is 5.75 Å².